The van der Waals surface area contributed by atoms with Gasteiger partial charge >= 0.3 is 0 Å². The highest BCUT2D eigenvalue weighted by Crippen LogP contribution is 2.11. The van der Waals surface area contributed by atoms with Gasteiger partial charge in [0.05, 0.1) is 11.0 Å². The molecule has 0 radical (unpaired) electrons. The van der Waals surface area contributed by atoms with Gasteiger partial charge in [-0.25, -0.2) is 4.98 Å². The van der Waals surface area contributed by atoms with Crippen molar-refractivity contribution in [3.8, 4) is 0 Å². The number of hydrogen-bond donors (Lipinski definition) is 3. The molecule has 0 fully saturated rings. The van der Waals surface area contributed by atoms with Crippen molar-refractivity contribution in [3.05, 3.63) is 66.0 Å². The number of rotatable bonds is 8. The first kappa shape index (κ1) is 17.7. The van der Waals surface area contributed by atoms with E-state index in [0.717, 1.165) is 29.7 Å². The molecule has 6 heteroatoms. The Kier molecular flexibility index (Phi) is 5.98. The summed E-state index contributed by atoms with van der Waals surface area (Å²) in [5.74, 6) is 0.696. The van der Waals surface area contributed by atoms with Gasteiger partial charge < -0.3 is 15.6 Å². The van der Waals surface area contributed by atoms with Crippen LogP contribution in [0.2, 0.25) is 0 Å². The van der Waals surface area contributed by atoms with Crippen LogP contribution in [0.1, 0.15) is 29.0 Å². The van der Waals surface area contributed by atoms with Crippen LogP contribution in [0.25, 0.3) is 11.0 Å². The second-order valence-electron chi connectivity index (χ2n) is 6.03. The number of aryl methyl sites for hydroxylation is 1. The number of nitrogens with zero attached hydrogens (tertiary/aromatic N) is 1. The molecule has 1 aromatic heterocycles. The minimum atomic E-state index is -0.164. The molecule has 0 spiro atoms. The maximum atomic E-state index is 11.9. The van der Waals surface area contributed by atoms with E-state index in [1.165, 1.54) is 0 Å². The standard InChI is InChI=1S/C20H22N4O2/c25-19(12-14-22-20(26)15-7-2-1-3-8-15)21-13-6-11-18-23-16-9-4-5-10-17(16)24-18/h1-5,7-10H,6,11-14H2,(H,21,25)(H,22,26)(H,23,24). The van der Waals surface area contributed by atoms with E-state index in [-0.39, 0.29) is 18.2 Å². The Balaban J connectivity index is 1.31. The summed E-state index contributed by atoms with van der Waals surface area (Å²) in [6.45, 7) is 0.908. The summed E-state index contributed by atoms with van der Waals surface area (Å²) in [7, 11) is 0. The fourth-order valence-electron chi connectivity index (χ4n) is 2.68. The predicted octanol–water partition coefficient (Wildman–Crippen LogP) is 2.43. The summed E-state index contributed by atoms with van der Waals surface area (Å²) < 4.78 is 0. The maximum absolute atomic E-state index is 11.9. The number of carbonyl (C=O) groups excluding carboxylic acids is 2. The van der Waals surface area contributed by atoms with Crippen LogP contribution in [0.3, 0.4) is 0 Å². The number of H-pyrrole nitrogens is 1. The number of carbonyl (C=O) groups is 2. The monoisotopic (exact) mass is 350 g/mol. The van der Waals surface area contributed by atoms with Crippen molar-refractivity contribution in [1.82, 2.24) is 20.6 Å². The van der Waals surface area contributed by atoms with Gasteiger partial charge in [0.1, 0.15) is 5.82 Å². The fourth-order valence-corrected chi connectivity index (χ4v) is 2.68. The van der Waals surface area contributed by atoms with Crippen molar-refractivity contribution < 1.29 is 9.59 Å². The first-order valence-electron chi connectivity index (χ1n) is 8.76. The average Bonchev–Trinajstić information content (AvgIpc) is 3.09. The fraction of sp³-hybridized carbons (Fsp3) is 0.250. The van der Waals surface area contributed by atoms with Gasteiger partial charge in [-0.1, -0.05) is 30.3 Å². The molecule has 0 aliphatic heterocycles. The largest absolute Gasteiger partial charge is 0.356 e. The Hall–Kier alpha value is -3.15. The second kappa shape index (κ2) is 8.80. The summed E-state index contributed by atoms with van der Waals surface area (Å²) in [6, 6.07) is 16.9. The van der Waals surface area contributed by atoms with E-state index in [9.17, 15) is 9.59 Å². The number of benzene rings is 2. The normalized spacial score (nSPS) is 10.6. The molecule has 0 atom stereocenters. The SMILES string of the molecule is O=C(CCNC(=O)c1ccccc1)NCCCc1nc2ccccc2[nH]1. The molecule has 0 saturated carbocycles. The quantitative estimate of drug-likeness (QED) is 0.545. The van der Waals surface area contributed by atoms with Crippen LogP contribution in [0.4, 0.5) is 0 Å². The number of amides is 2. The van der Waals surface area contributed by atoms with Crippen LogP contribution < -0.4 is 10.6 Å². The molecule has 6 nitrogen and oxygen atoms in total. The summed E-state index contributed by atoms with van der Waals surface area (Å²) in [4.78, 5) is 31.5. The Morgan fingerprint density at radius 2 is 1.69 bits per heavy atom. The number of fused-ring (bicyclic) bond motifs is 1. The van der Waals surface area contributed by atoms with Crippen LogP contribution in [-0.2, 0) is 11.2 Å². The molecule has 1 heterocycles. The van der Waals surface area contributed by atoms with E-state index >= 15 is 0 Å². The van der Waals surface area contributed by atoms with E-state index in [0.29, 0.717) is 18.7 Å². The van der Waals surface area contributed by atoms with Gasteiger partial charge in [-0.3, -0.25) is 9.59 Å². The molecule has 2 amide bonds. The Morgan fingerprint density at radius 1 is 0.923 bits per heavy atom. The zero-order valence-corrected chi connectivity index (χ0v) is 14.5. The molecule has 2 aromatic carbocycles. The molecular weight excluding hydrogens is 328 g/mol. The van der Waals surface area contributed by atoms with Crippen molar-refractivity contribution in [2.45, 2.75) is 19.3 Å². The van der Waals surface area contributed by atoms with Crippen molar-refractivity contribution >= 4 is 22.8 Å². The third kappa shape index (κ3) is 4.92. The molecule has 134 valence electrons. The molecule has 0 aliphatic rings. The maximum Gasteiger partial charge on any atom is 0.251 e. The van der Waals surface area contributed by atoms with Gasteiger partial charge in [-0.2, -0.15) is 0 Å². The number of imidazole rings is 1. The first-order valence-corrected chi connectivity index (χ1v) is 8.76. The number of para-hydroxylation sites is 2. The number of aromatic nitrogens is 2. The lowest BCUT2D eigenvalue weighted by atomic mass is 10.2. The molecule has 26 heavy (non-hydrogen) atoms. The molecule has 0 aliphatic carbocycles. The summed E-state index contributed by atoms with van der Waals surface area (Å²) >= 11 is 0. The van der Waals surface area contributed by atoms with Gasteiger partial charge in [0, 0.05) is 31.5 Å². The molecular formula is C20H22N4O2. The second-order valence-corrected chi connectivity index (χ2v) is 6.03. The lowest BCUT2D eigenvalue weighted by molar-refractivity contribution is -0.120. The molecule has 3 aromatic rings. The topological polar surface area (TPSA) is 86.9 Å². The number of aromatic amines is 1. The molecule has 3 rings (SSSR count). The number of hydrogen-bond acceptors (Lipinski definition) is 3. The number of nitrogens with one attached hydrogen (secondary N) is 3. The van der Waals surface area contributed by atoms with E-state index in [1.807, 2.05) is 42.5 Å². The highest BCUT2D eigenvalue weighted by Gasteiger charge is 2.06. The smallest absolute Gasteiger partial charge is 0.251 e. The van der Waals surface area contributed by atoms with Crippen molar-refractivity contribution in [1.29, 1.82) is 0 Å². The third-order valence-electron chi connectivity index (χ3n) is 4.02. The lowest BCUT2D eigenvalue weighted by Gasteiger charge is -2.06. The average molecular weight is 350 g/mol. The van der Waals surface area contributed by atoms with E-state index in [1.54, 1.807) is 12.1 Å². The van der Waals surface area contributed by atoms with Crippen LogP contribution in [0.15, 0.2) is 54.6 Å². The molecule has 0 bridgehead atoms. The predicted molar refractivity (Wildman–Crippen MR) is 101 cm³/mol. The summed E-state index contributed by atoms with van der Waals surface area (Å²) in [5.41, 5.74) is 2.58. The van der Waals surface area contributed by atoms with Crippen LogP contribution in [0, 0.1) is 0 Å². The third-order valence-corrected chi connectivity index (χ3v) is 4.02. The van der Waals surface area contributed by atoms with Crippen LogP contribution >= 0.6 is 0 Å². The molecule has 0 unspecified atom stereocenters. The van der Waals surface area contributed by atoms with E-state index in [2.05, 4.69) is 20.6 Å². The Labute approximate surface area is 152 Å². The summed E-state index contributed by atoms with van der Waals surface area (Å²) in [6.07, 6.45) is 1.85. The van der Waals surface area contributed by atoms with E-state index < -0.39 is 0 Å². The first-order chi connectivity index (χ1) is 12.7. The Bertz CT molecular complexity index is 841. The van der Waals surface area contributed by atoms with Crippen molar-refractivity contribution in [2.24, 2.45) is 0 Å². The molecule has 0 saturated heterocycles. The lowest BCUT2D eigenvalue weighted by Crippen LogP contribution is -2.31. The van der Waals surface area contributed by atoms with Gasteiger partial charge in [0.2, 0.25) is 5.91 Å². The minimum Gasteiger partial charge on any atom is -0.356 e. The van der Waals surface area contributed by atoms with Crippen molar-refractivity contribution in [2.75, 3.05) is 13.1 Å². The highest BCUT2D eigenvalue weighted by atomic mass is 16.2. The molecule has 3 N–H and O–H groups in total. The Morgan fingerprint density at radius 3 is 2.50 bits per heavy atom. The van der Waals surface area contributed by atoms with Gasteiger partial charge in [-0.15, -0.1) is 0 Å². The van der Waals surface area contributed by atoms with Crippen molar-refractivity contribution in [3.63, 3.8) is 0 Å². The minimum absolute atomic E-state index is 0.0667. The van der Waals surface area contributed by atoms with Gasteiger partial charge in [0.15, 0.2) is 0 Å². The van der Waals surface area contributed by atoms with Crippen LogP contribution in [-0.4, -0.2) is 34.9 Å². The van der Waals surface area contributed by atoms with Gasteiger partial charge in [-0.05, 0) is 30.7 Å². The van der Waals surface area contributed by atoms with E-state index in [4.69, 9.17) is 0 Å². The van der Waals surface area contributed by atoms with Gasteiger partial charge in [0.25, 0.3) is 5.91 Å². The highest BCUT2D eigenvalue weighted by molar-refractivity contribution is 5.94. The summed E-state index contributed by atoms with van der Waals surface area (Å²) in [5, 5.41) is 5.61. The van der Waals surface area contributed by atoms with Crippen LogP contribution in [0.5, 0.6) is 0 Å². The zero-order chi connectivity index (χ0) is 18.2. The zero-order valence-electron chi connectivity index (χ0n) is 14.5.